The highest BCUT2D eigenvalue weighted by Gasteiger charge is 2.22. The molecule has 7 nitrogen and oxygen atoms in total. The van der Waals surface area contributed by atoms with Gasteiger partial charge in [0.2, 0.25) is 5.88 Å². The number of aryl methyl sites for hydroxylation is 1. The van der Waals surface area contributed by atoms with E-state index < -0.39 is 18.5 Å². The molecule has 1 heterocycles. The van der Waals surface area contributed by atoms with Crippen LogP contribution in [0.15, 0.2) is 60.7 Å². The number of halogens is 1. The molecular weight excluding hydrogens is 442 g/mol. The predicted molar refractivity (Wildman–Crippen MR) is 125 cm³/mol. The molecule has 3 aromatic rings. The monoisotopic (exact) mass is 463 g/mol. The van der Waals surface area contributed by atoms with Gasteiger partial charge in [0, 0.05) is 16.3 Å². The molecule has 0 aliphatic carbocycles. The summed E-state index contributed by atoms with van der Waals surface area (Å²) in [6, 6.07) is 19.8. The van der Waals surface area contributed by atoms with E-state index in [2.05, 4.69) is 11.1 Å². The minimum atomic E-state index is -0.557. The lowest BCUT2D eigenvalue weighted by Crippen LogP contribution is -2.39. The zero-order valence-electron chi connectivity index (χ0n) is 18.2. The number of aromatic nitrogens is 1. The fraction of sp³-hybridized carbons (Fsp3) is 0.200. The van der Waals surface area contributed by atoms with Crippen LogP contribution in [0.1, 0.15) is 18.1 Å². The summed E-state index contributed by atoms with van der Waals surface area (Å²) in [5.41, 5.74) is 2.85. The van der Waals surface area contributed by atoms with Gasteiger partial charge >= 0.3 is 5.97 Å². The molecule has 0 fully saturated rings. The fourth-order valence-corrected chi connectivity index (χ4v) is 3.25. The number of amides is 1. The quantitative estimate of drug-likeness (QED) is 0.455. The Bertz CT molecular complexity index is 1170. The molecular formula is C25H22ClN3O4. The molecule has 8 heteroatoms. The molecule has 1 aromatic heterocycles. The van der Waals surface area contributed by atoms with Crippen molar-refractivity contribution in [1.82, 2.24) is 4.98 Å². The minimum absolute atomic E-state index is 0.0527. The van der Waals surface area contributed by atoms with E-state index in [1.807, 2.05) is 30.3 Å². The molecule has 3 rings (SSSR count). The van der Waals surface area contributed by atoms with Gasteiger partial charge in [-0.05, 0) is 49.7 Å². The highest BCUT2D eigenvalue weighted by Crippen LogP contribution is 2.26. The summed E-state index contributed by atoms with van der Waals surface area (Å²) in [5.74, 6) is -1.01. The number of esters is 1. The van der Waals surface area contributed by atoms with Gasteiger partial charge in [0.1, 0.15) is 18.2 Å². The van der Waals surface area contributed by atoms with Crippen molar-refractivity contribution in [3.05, 3.63) is 76.8 Å². The average Bonchev–Trinajstić information content (AvgIpc) is 2.82. The van der Waals surface area contributed by atoms with Crippen LogP contribution in [0.2, 0.25) is 5.02 Å². The Morgan fingerprint density at radius 2 is 1.82 bits per heavy atom. The number of ether oxygens (including phenoxy) is 2. The molecule has 0 N–H and O–H groups in total. The fourth-order valence-electron chi connectivity index (χ4n) is 3.13. The summed E-state index contributed by atoms with van der Waals surface area (Å²) in [5, 5.41) is 10.1. The molecule has 0 aliphatic heterocycles. The lowest BCUT2D eigenvalue weighted by Gasteiger charge is -2.22. The third-order valence-corrected chi connectivity index (χ3v) is 4.98. The second-order valence-corrected chi connectivity index (χ2v) is 7.47. The highest BCUT2D eigenvalue weighted by atomic mass is 35.5. The van der Waals surface area contributed by atoms with Gasteiger partial charge in [0.25, 0.3) is 5.91 Å². The maximum Gasteiger partial charge on any atom is 0.326 e. The molecule has 1 amide bonds. The van der Waals surface area contributed by atoms with E-state index in [0.29, 0.717) is 22.0 Å². The van der Waals surface area contributed by atoms with E-state index in [1.165, 1.54) is 4.90 Å². The Kier molecular flexibility index (Phi) is 8.01. The summed E-state index contributed by atoms with van der Waals surface area (Å²) < 4.78 is 10.7. The Morgan fingerprint density at radius 1 is 1.12 bits per heavy atom. The van der Waals surface area contributed by atoms with Gasteiger partial charge in [-0.15, -0.1) is 0 Å². The standard InChI is InChI=1S/C25H22ClN3O4/c1-3-32-24(31)15-29(20-11-9-19(26)10-12-20)23(30)16-33-25-21(14-27)17(2)13-22(28-25)18-7-5-4-6-8-18/h4-13H,3,15-16H2,1-2H3. The van der Waals surface area contributed by atoms with E-state index in [0.717, 1.165) is 5.56 Å². The Labute approximate surface area is 197 Å². The third-order valence-electron chi connectivity index (χ3n) is 4.73. The number of benzene rings is 2. The second-order valence-electron chi connectivity index (χ2n) is 7.03. The van der Waals surface area contributed by atoms with Crippen LogP contribution in [0.4, 0.5) is 5.69 Å². The van der Waals surface area contributed by atoms with Crippen LogP contribution in [-0.4, -0.2) is 36.6 Å². The van der Waals surface area contributed by atoms with Crippen LogP contribution >= 0.6 is 11.6 Å². The average molecular weight is 464 g/mol. The summed E-state index contributed by atoms with van der Waals surface area (Å²) in [4.78, 5) is 30.8. The van der Waals surface area contributed by atoms with Gasteiger partial charge in [0.05, 0.1) is 12.3 Å². The van der Waals surface area contributed by atoms with Gasteiger partial charge in [-0.2, -0.15) is 5.26 Å². The molecule has 0 spiro atoms. The van der Waals surface area contributed by atoms with Crippen LogP contribution in [0.25, 0.3) is 11.3 Å². The van der Waals surface area contributed by atoms with Crippen LogP contribution in [0.5, 0.6) is 5.88 Å². The first-order valence-corrected chi connectivity index (χ1v) is 10.6. The van der Waals surface area contributed by atoms with Crippen molar-refractivity contribution in [2.45, 2.75) is 13.8 Å². The largest absolute Gasteiger partial charge is 0.467 e. The number of hydrogen-bond acceptors (Lipinski definition) is 6. The van der Waals surface area contributed by atoms with Crippen LogP contribution in [0.3, 0.4) is 0 Å². The Hall–Kier alpha value is -3.89. The van der Waals surface area contributed by atoms with Gasteiger partial charge in [0.15, 0.2) is 6.61 Å². The van der Waals surface area contributed by atoms with Crippen LogP contribution in [-0.2, 0) is 14.3 Å². The first-order valence-electron chi connectivity index (χ1n) is 10.2. The zero-order valence-corrected chi connectivity index (χ0v) is 19.0. The number of carbonyl (C=O) groups is 2. The van der Waals surface area contributed by atoms with Gasteiger partial charge in [-0.1, -0.05) is 41.9 Å². The van der Waals surface area contributed by atoms with Crippen LogP contribution in [0, 0.1) is 18.3 Å². The predicted octanol–water partition coefficient (Wildman–Crippen LogP) is 4.56. The third kappa shape index (κ3) is 6.09. The second kappa shape index (κ2) is 11.1. The lowest BCUT2D eigenvalue weighted by molar-refractivity contribution is -0.142. The topological polar surface area (TPSA) is 92.5 Å². The number of rotatable bonds is 8. The summed E-state index contributed by atoms with van der Waals surface area (Å²) in [7, 11) is 0. The van der Waals surface area contributed by atoms with E-state index in [4.69, 9.17) is 21.1 Å². The van der Waals surface area contributed by atoms with E-state index in [1.54, 1.807) is 44.2 Å². The van der Waals surface area contributed by atoms with Crippen molar-refractivity contribution in [3.8, 4) is 23.2 Å². The van der Waals surface area contributed by atoms with Crippen molar-refractivity contribution >= 4 is 29.2 Å². The number of carbonyl (C=O) groups excluding carboxylic acids is 2. The molecule has 0 bridgehead atoms. The van der Waals surface area contributed by atoms with Gasteiger partial charge in [-0.3, -0.25) is 14.5 Å². The molecule has 0 saturated carbocycles. The number of anilines is 1. The van der Waals surface area contributed by atoms with Crippen molar-refractivity contribution in [1.29, 1.82) is 5.26 Å². The number of hydrogen-bond donors (Lipinski definition) is 0. The molecule has 0 saturated heterocycles. The van der Waals surface area contributed by atoms with Crippen LogP contribution < -0.4 is 9.64 Å². The van der Waals surface area contributed by atoms with Gasteiger partial charge in [-0.25, -0.2) is 4.98 Å². The Balaban J connectivity index is 1.86. The Morgan fingerprint density at radius 3 is 2.45 bits per heavy atom. The lowest BCUT2D eigenvalue weighted by atomic mass is 10.1. The SMILES string of the molecule is CCOC(=O)CN(C(=O)COc1nc(-c2ccccc2)cc(C)c1C#N)c1ccc(Cl)cc1. The van der Waals surface area contributed by atoms with E-state index >= 15 is 0 Å². The molecule has 0 aliphatic rings. The number of nitriles is 1. The molecule has 33 heavy (non-hydrogen) atoms. The van der Waals surface area contributed by atoms with Crippen molar-refractivity contribution in [2.24, 2.45) is 0 Å². The first kappa shape index (κ1) is 23.8. The van der Waals surface area contributed by atoms with E-state index in [9.17, 15) is 14.9 Å². The normalized spacial score (nSPS) is 10.2. The van der Waals surface area contributed by atoms with Crippen molar-refractivity contribution in [2.75, 3.05) is 24.7 Å². The molecule has 168 valence electrons. The minimum Gasteiger partial charge on any atom is -0.467 e. The highest BCUT2D eigenvalue weighted by molar-refractivity contribution is 6.30. The summed E-state index contributed by atoms with van der Waals surface area (Å²) >= 11 is 5.95. The number of pyridine rings is 1. The molecule has 2 aromatic carbocycles. The maximum absolute atomic E-state index is 13.0. The maximum atomic E-state index is 13.0. The molecule has 0 atom stereocenters. The molecule has 0 radical (unpaired) electrons. The summed E-state index contributed by atoms with van der Waals surface area (Å²) in [6.45, 7) is 2.94. The first-order chi connectivity index (χ1) is 15.9. The van der Waals surface area contributed by atoms with Crippen molar-refractivity contribution in [3.63, 3.8) is 0 Å². The van der Waals surface area contributed by atoms with Gasteiger partial charge < -0.3 is 9.47 Å². The number of nitrogens with zero attached hydrogens (tertiary/aromatic N) is 3. The zero-order chi connectivity index (χ0) is 23.8. The smallest absolute Gasteiger partial charge is 0.326 e. The summed E-state index contributed by atoms with van der Waals surface area (Å²) in [6.07, 6.45) is 0. The van der Waals surface area contributed by atoms with Crippen molar-refractivity contribution < 1.29 is 19.1 Å². The van der Waals surface area contributed by atoms with E-state index in [-0.39, 0.29) is 24.6 Å². The molecule has 0 unspecified atom stereocenters.